The number of hydrogen-bond acceptors (Lipinski definition) is 3. The molecule has 1 unspecified atom stereocenters. The highest BCUT2D eigenvalue weighted by Gasteiger charge is 2.49. The number of likely N-dealkylation sites (tertiary alicyclic amines) is 1. The van der Waals surface area contributed by atoms with Gasteiger partial charge in [-0.1, -0.05) is 4.40 Å². The second-order valence-corrected chi connectivity index (χ2v) is 11.7. The molecule has 1 spiro atoms. The van der Waals surface area contributed by atoms with Crippen LogP contribution in [0.25, 0.3) is 0 Å². The summed E-state index contributed by atoms with van der Waals surface area (Å²) >= 11 is -1.47. The molecule has 0 N–H and O–H groups in total. The first kappa shape index (κ1) is 20.7. The van der Waals surface area contributed by atoms with Gasteiger partial charge < -0.3 is 4.55 Å². The van der Waals surface area contributed by atoms with Crippen LogP contribution < -0.4 is 0 Å². The molecule has 1 heterocycles. The van der Waals surface area contributed by atoms with E-state index < -0.39 is 27.7 Å². The summed E-state index contributed by atoms with van der Waals surface area (Å²) in [6.45, 7) is 13.9. The Morgan fingerprint density at radius 2 is 1.67 bits per heavy atom. The number of nitrogens with zero attached hydrogens (tertiary/aromatic N) is 2. The highest BCUT2D eigenvalue weighted by molar-refractivity contribution is 7.91. The van der Waals surface area contributed by atoms with Gasteiger partial charge in [-0.2, -0.15) is 0 Å². The highest BCUT2D eigenvalue weighted by Crippen LogP contribution is 2.47. The molecule has 0 bridgehead atoms. The molecule has 1 atom stereocenters. The van der Waals surface area contributed by atoms with Gasteiger partial charge >= 0.3 is 0 Å². The first-order chi connectivity index (χ1) is 12.3. The van der Waals surface area contributed by atoms with Gasteiger partial charge in [-0.25, -0.2) is 8.78 Å². The summed E-state index contributed by atoms with van der Waals surface area (Å²) in [7, 11) is 0. The molecule has 1 saturated heterocycles. The highest BCUT2D eigenvalue weighted by atomic mass is 32.2. The van der Waals surface area contributed by atoms with Crippen LogP contribution in [0.3, 0.4) is 0 Å². The topological polar surface area (TPSA) is 38.7 Å². The first-order valence-corrected chi connectivity index (χ1v) is 10.7. The summed E-state index contributed by atoms with van der Waals surface area (Å²) in [6, 6.07) is 2.31. The summed E-state index contributed by atoms with van der Waals surface area (Å²) in [4.78, 5) is 2.41. The van der Waals surface area contributed by atoms with Gasteiger partial charge in [-0.05, 0) is 85.5 Å². The molecule has 3 nitrogen and oxygen atoms in total. The van der Waals surface area contributed by atoms with Crippen molar-refractivity contribution in [2.75, 3.05) is 13.1 Å². The Bertz CT molecular complexity index is 757. The second kappa shape index (κ2) is 6.82. The van der Waals surface area contributed by atoms with Crippen molar-refractivity contribution in [2.24, 2.45) is 9.81 Å². The van der Waals surface area contributed by atoms with Crippen LogP contribution in [0.4, 0.5) is 8.78 Å². The molecule has 3 rings (SSSR count). The molecule has 27 heavy (non-hydrogen) atoms. The molecule has 1 fully saturated rings. The third-order valence-corrected chi connectivity index (χ3v) is 7.20. The maximum Gasteiger partial charge on any atom is 0.144 e. The number of halogens is 2. The van der Waals surface area contributed by atoms with E-state index in [9.17, 15) is 13.3 Å². The van der Waals surface area contributed by atoms with Crippen molar-refractivity contribution < 1.29 is 13.3 Å². The van der Waals surface area contributed by atoms with Gasteiger partial charge in [-0.15, -0.1) is 0 Å². The minimum absolute atomic E-state index is 0.0654. The summed E-state index contributed by atoms with van der Waals surface area (Å²) in [5.41, 5.74) is 1.37. The lowest BCUT2D eigenvalue weighted by molar-refractivity contribution is 0.0719. The van der Waals surface area contributed by atoms with Crippen molar-refractivity contribution in [3.05, 3.63) is 34.9 Å². The van der Waals surface area contributed by atoms with Crippen molar-refractivity contribution >= 4 is 17.1 Å². The molecular weight excluding hydrogens is 366 g/mol. The average molecular weight is 397 g/mol. The minimum atomic E-state index is -1.47. The van der Waals surface area contributed by atoms with Gasteiger partial charge in [0.15, 0.2) is 0 Å². The number of benzene rings is 1. The molecule has 0 amide bonds. The van der Waals surface area contributed by atoms with Crippen LogP contribution in [0.5, 0.6) is 0 Å². The van der Waals surface area contributed by atoms with E-state index in [1.54, 1.807) is 0 Å². The molecular formula is C21H30F2N2OS. The van der Waals surface area contributed by atoms with Crippen LogP contribution in [0, 0.1) is 17.0 Å². The van der Waals surface area contributed by atoms with Crippen LogP contribution in [0.1, 0.15) is 65.5 Å². The van der Waals surface area contributed by atoms with Gasteiger partial charge in [0.25, 0.3) is 0 Å². The Kier molecular flexibility index (Phi) is 5.24. The predicted octanol–water partition coefficient (Wildman–Crippen LogP) is 4.65. The fraction of sp³-hybridized carbons (Fsp3) is 0.667. The Morgan fingerprint density at radius 3 is 2.19 bits per heavy atom. The van der Waals surface area contributed by atoms with E-state index in [0.717, 1.165) is 32.0 Å². The van der Waals surface area contributed by atoms with E-state index in [1.807, 2.05) is 20.8 Å². The zero-order valence-electron chi connectivity index (χ0n) is 17.2. The smallest absolute Gasteiger partial charge is 0.144 e. The molecule has 150 valence electrons. The lowest BCUT2D eigenvalue weighted by Gasteiger charge is -2.45. The zero-order valence-corrected chi connectivity index (χ0v) is 18.0. The zero-order chi connectivity index (χ0) is 20.2. The van der Waals surface area contributed by atoms with Crippen molar-refractivity contribution in [1.82, 2.24) is 4.90 Å². The van der Waals surface area contributed by atoms with Gasteiger partial charge in [0, 0.05) is 22.6 Å². The minimum Gasteiger partial charge on any atom is -0.591 e. The van der Waals surface area contributed by atoms with Crippen molar-refractivity contribution in [3.8, 4) is 0 Å². The standard InChI is InChI=1S/C21H30F2N2OS/c1-19(2,3)25-9-7-21(8-10-25)13-16-15(11-14(22)12-17(16)23)18(21)24-27(26)20(4,5)6/h11-12H,7-10,13H2,1-6H3. The number of rotatable bonds is 1. The lowest BCUT2D eigenvalue weighted by atomic mass is 9.74. The Balaban J connectivity index is 2.04. The van der Waals surface area contributed by atoms with Gasteiger partial charge in [-0.3, -0.25) is 4.90 Å². The molecule has 2 aliphatic rings. The van der Waals surface area contributed by atoms with E-state index in [-0.39, 0.29) is 11.0 Å². The first-order valence-electron chi connectivity index (χ1n) is 9.58. The molecule has 1 aromatic carbocycles. The van der Waals surface area contributed by atoms with E-state index in [4.69, 9.17) is 0 Å². The molecule has 1 aliphatic carbocycles. The second-order valence-electron chi connectivity index (χ2n) is 9.83. The summed E-state index contributed by atoms with van der Waals surface area (Å²) < 4.78 is 45.3. The largest absolute Gasteiger partial charge is 0.591 e. The maximum atomic E-state index is 14.5. The van der Waals surface area contributed by atoms with E-state index >= 15 is 0 Å². The third kappa shape index (κ3) is 3.94. The quantitative estimate of drug-likeness (QED) is 0.648. The molecule has 1 aliphatic heterocycles. The van der Waals surface area contributed by atoms with Gasteiger partial charge in [0.2, 0.25) is 0 Å². The summed E-state index contributed by atoms with van der Waals surface area (Å²) in [5.74, 6) is -1.13. The fourth-order valence-electron chi connectivity index (χ4n) is 4.09. The Morgan fingerprint density at radius 1 is 1.07 bits per heavy atom. The van der Waals surface area contributed by atoms with Gasteiger partial charge in [0.1, 0.15) is 33.5 Å². The van der Waals surface area contributed by atoms with Crippen LogP contribution in [-0.4, -0.2) is 38.5 Å². The summed E-state index contributed by atoms with van der Waals surface area (Å²) in [6.07, 6.45) is 2.12. The number of fused-ring (bicyclic) bond motifs is 1. The lowest BCUT2D eigenvalue weighted by Crippen LogP contribution is -2.50. The van der Waals surface area contributed by atoms with Gasteiger partial charge in [0.05, 0.1) is 0 Å². The monoisotopic (exact) mass is 396 g/mol. The third-order valence-electron chi connectivity index (χ3n) is 5.80. The number of piperidine rings is 1. The Hall–Kier alpha value is -0.980. The molecule has 6 heteroatoms. The van der Waals surface area contributed by atoms with Crippen molar-refractivity contribution in [2.45, 2.75) is 71.1 Å². The normalized spacial score (nSPS) is 23.1. The van der Waals surface area contributed by atoms with Crippen molar-refractivity contribution in [3.63, 3.8) is 0 Å². The maximum absolute atomic E-state index is 14.5. The number of hydrogen-bond donors (Lipinski definition) is 0. The predicted molar refractivity (Wildman–Crippen MR) is 107 cm³/mol. The Labute approximate surface area is 164 Å². The fourth-order valence-corrected chi connectivity index (χ4v) is 4.82. The molecule has 1 aromatic rings. The van der Waals surface area contributed by atoms with E-state index in [0.29, 0.717) is 23.3 Å². The van der Waals surface area contributed by atoms with Crippen LogP contribution in [0.2, 0.25) is 0 Å². The average Bonchev–Trinajstić information content (AvgIpc) is 2.80. The van der Waals surface area contributed by atoms with E-state index in [1.165, 1.54) is 6.07 Å². The molecule has 0 saturated carbocycles. The molecule has 0 radical (unpaired) electrons. The van der Waals surface area contributed by atoms with E-state index in [2.05, 4.69) is 30.1 Å². The van der Waals surface area contributed by atoms with Crippen molar-refractivity contribution in [1.29, 1.82) is 0 Å². The summed E-state index contributed by atoms with van der Waals surface area (Å²) in [5, 5.41) is 0. The van der Waals surface area contributed by atoms with Crippen LogP contribution in [-0.2, 0) is 17.8 Å². The molecule has 0 aromatic heterocycles. The van der Waals surface area contributed by atoms with Crippen LogP contribution in [0.15, 0.2) is 16.5 Å². The SMILES string of the molecule is CC(C)(C)N1CCC2(CC1)Cc1c(F)cc(F)cc1C2=N[S+]([O-])C(C)(C)C. The van der Waals surface area contributed by atoms with Crippen LogP contribution >= 0.6 is 0 Å².